The number of benzene rings is 1. The number of nitrogens with one attached hydrogen (secondary N) is 2. The van der Waals surface area contributed by atoms with Crippen LogP contribution in [0.5, 0.6) is 0 Å². The number of aromatic carboxylic acids is 1. The van der Waals surface area contributed by atoms with Gasteiger partial charge in [0.1, 0.15) is 0 Å². The van der Waals surface area contributed by atoms with Gasteiger partial charge in [0.15, 0.2) is 0 Å². The Kier molecular flexibility index (Phi) is 4.35. The quantitative estimate of drug-likeness (QED) is 0.772. The minimum atomic E-state index is -0.991. The van der Waals surface area contributed by atoms with Crippen molar-refractivity contribution in [3.63, 3.8) is 0 Å². The Bertz CT molecular complexity index is 452. The first-order valence-corrected chi connectivity index (χ1v) is 6.15. The highest BCUT2D eigenvalue weighted by Gasteiger charge is 2.16. The molecule has 102 valence electrons. The average molecular weight is 264 g/mol. The predicted octanol–water partition coefficient (Wildman–Crippen LogP) is 1.69. The standard InChI is InChI=1S/C13H16N2O4/c16-12(17)9-3-5-10(6-4-9)15-13(18)14-8-11-2-1-7-19-11/h3-6,11H,1-2,7-8H2,(H,16,17)(H2,14,15,18). The molecule has 1 saturated heterocycles. The molecule has 2 amide bonds. The third-order valence-corrected chi connectivity index (χ3v) is 2.90. The summed E-state index contributed by atoms with van der Waals surface area (Å²) in [6.45, 7) is 1.24. The number of hydrogen-bond acceptors (Lipinski definition) is 3. The maximum atomic E-state index is 11.6. The highest BCUT2D eigenvalue weighted by Crippen LogP contribution is 2.11. The number of carbonyl (C=O) groups excluding carboxylic acids is 1. The zero-order valence-electron chi connectivity index (χ0n) is 10.4. The first kappa shape index (κ1) is 13.4. The van der Waals surface area contributed by atoms with E-state index >= 15 is 0 Å². The molecule has 0 saturated carbocycles. The maximum Gasteiger partial charge on any atom is 0.335 e. The van der Waals surface area contributed by atoms with Gasteiger partial charge in [-0.05, 0) is 37.1 Å². The van der Waals surface area contributed by atoms with Crippen LogP contribution in [0.25, 0.3) is 0 Å². The van der Waals surface area contributed by atoms with Crippen LogP contribution in [0.2, 0.25) is 0 Å². The van der Waals surface area contributed by atoms with E-state index in [1.165, 1.54) is 12.1 Å². The minimum Gasteiger partial charge on any atom is -0.478 e. The van der Waals surface area contributed by atoms with Crippen molar-refractivity contribution in [3.05, 3.63) is 29.8 Å². The van der Waals surface area contributed by atoms with Crippen LogP contribution in [0, 0.1) is 0 Å². The lowest BCUT2D eigenvalue weighted by Crippen LogP contribution is -2.35. The SMILES string of the molecule is O=C(NCC1CCCO1)Nc1ccc(C(=O)O)cc1. The summed E-state index contributed by atoms with van der Waals surface area (Å²) in [4.78, 5) is 22.3. The summed E-state index contributed by atoms with van der Waals surface area (Å²) in [5.41, 5.74) is 0.736. The summed E-state index contributed by atoms with van der Waals surface area (Å²) in [6, 6.07) is 5.67. The van der Waals surface area contributed by atoms with Crippen molar-refractivity contribution in [2.75, 3.05) is 18.5 Å². The van der Waals surface area contributed by atoms with Crippen LogP contribution in [0.3, 0.4) is 0 Å². The number of carbonyl (C=O) groups is 2. The third kappa shape index (κ3) is 3.96. The molecular formula is C13H16N2O4. The molecule has 1 aliphatic heterocycles. The number of carboxylic acids is 1. The van der Waals surface area contributed by atoms with E-state index in [-0.39, 0.29) is 17.7 Å². The van der Waals surface area contributed by atoms with E-state index in [9.17, 15) is 9.59 Å². The highest BCUT2D eigenvalue weighted by molar-refractivity contribution is 5.91. The van der Waals surface area contributed by atoms with Gasteiger partial charge in [0, 0.05) is 18.8 Å². The fourth-order valence-electron chi connectivity index (χ4n) is 1.88. The molecule has 1 atom stereocenters. The van der Waals surface area contributed by atoms with Gasteiger partial charge in [0.05, 0.1) is 11.7 Å². The van der Waals surface area contributed by atoms with Crippen LogP contribution < -0.4 is 10.6 Å². The average Bonchev–Trinajstić information content (AvgIpc) is 2.90. The molecule has 0 aliphatic carbocycles. The Labute approximate surface area is 110 Å². The van der Waals surface area contributed by atoms with E-state index in [0.29, 0.717) is 12.2 Å². The van der Waals surface area contributed by atoms with Gasteiger partial charge in [-0.2, -0.15) is 0 Å². The normalized spacial score (nSPS) is 18.0. The first-order valence-electron chi connectivity index (χ1n) is 6.15. The van der Waals surface area contributed by atoms with Crippen molar-refractivity contribution >= 4 is 17.7 Å². The monoisotopic (exact) mass is 264 g/mol. The lowest BCUT2D eigenvalue weighted by molar-refractivity contribution is 0.0697. The van der Waals surface area contributed by atoms with Gasteiger partial charge < -0.3 is 20.5 Å². The molecule has 0 spiro atoms. The van der Waals surface area contributed by atoms with E-state index in [1.54, 1.807) is 12.1 Å². The summed E-state index contributed by atoms with van der Waals surface area (Å²) in [5.74, 6) is -0.991. The van der Waals surface area contributed by atoms with Gasteiger partial charge in [-0.25, -0.2) is 9.59 Å². The summed E-state index contributed by atoms with van der Waals surface area (Å²) in [5, 5.41) is 14.1. The largest absolute Gasteiger partial charge is 0.478 e. The molecule has 6 heteroatoms. The molecule has 1 heterocycles. The van der Waals surface area contributed by atoms with Crippen LogP contribution in [0.4, 0.5) is 10.5 Å². The van der Waals surface area contributed by atoms with Crippen molar-refractivity contribution < 1.29 is 19.4 Å². The second-order valence-electron chi connectivity index (χ2n) is 4.35. The van der Waals surface area contributed by atoms with Gasteiger partial charge in [-0.15, -0.1) is 0 Å². The lowest BCUT2D eigenvalue weighted by atomic mass is 10.2. The molecule has 3 N–H and O–H groups in total. The molecule has 1 fully saturated rings. The number of anilines is 1. The van der Waals surface area contributed by atoms with Crippen molar-refractivity contribution in [2.24, 2.45) is 0 Å². The van der Waals surface area contributed by atoms with E-state index in [1.807, 2.05) is 0 Å². The fourth-order valence-corrected chi connectivity index (χ4v) is 1.88. The summed E-state index contributed by atoms with van der Waals surface area (Å²) < 4.78 is 5.39. The second-order valence-corrected chi connectivity index (χ2v) is 4.35. The number of carboxylic acid groups (broad SMARTS) is 1. The van der Waals surface area contributed by atoms with E-state index in [2.05, 4.69) is 10.6 Å². The Hall–Kier alpha value is -2.08. The fraction of sp³-hybridized carbons (Fsp3) is 0.385. The molecule has 1 aliphatic rings. The smallest absolute Gasteiger partial charge is 0.335 e. The molecule has 0 aromatic heterocycles. The summed E-state index contributed by atoms with van der Waals surface area (Å²) >= 11 is 0. The molecule has 1 aromatic rings. The Morgan fingerprint density at radius 2 is 2.05 bits per heavy atom. The molecule has 2 rings (SSSR count). The number of amides is 2. The Morgan fingerprint density at radius 1 is 1.32 bits per heavy atom. The van der Waals surface area contributed by atoms with Crippen LogP contribution in [-0.2, 0) is 4.74 Å². The van der Waals surface area contributed by atoms with Gasteiger partial charge in [-0.3, -0.25) is 0 Å². The maximum absolute atomic E-state index is 11.6. The molecule has 1 unspecified atom stereocenters. The van der Waals surface area contributed by atoms with Gasteiger partial charge in [0.25, 0.3) is 0 Å². The van der Waals surface area contributed by atoms with Crippen molar-refractivity contribution in [1.82, 2.24) is 5.32 Å². The van der Waals surface area contributed by atoms with Crippen molar-refractivity contribution in [1.29, 1.82) is 0 Å². The molecule has 0 bridgehead atoms. The first-order chi connectivity index (χ1) is 9.15. The van der Waals surface area contributed by atoms with Gasteiger partial charge in [0.2, 0.25) is 0 Å². The van der Waals surface area contributed by atoms with Crippen molar-refractivity contribution in [3.8, 4) is 0 Å². The van der Waals surface area contributed by atoms with Crippen LogP contribution in [-0.4, -0.2) is 36.4 Å². The highest BCUT2D eigenvalue weighted by atomic mass is 16.5. The molecule has 6 nitrogen and oxygen atoms in total. The van der Waals surface area contributed by atoms with Gasteiger partial charge in [-0.1, -0.05) is 0 Å². The second kappa shape index (κ2) is 6.19. The van der Waals surface area contributed by atoms with Crippen LogP contribution in [0.15, 0.2) is 24.3 Å². The number of ether oxygens (including phenoxy) is 1. The van der Waals surface area contributed by atoms with E-state index in [4.69, 9.17) is 9.84 Å². The van der Waals surface area contributed by atoms with E-state index < -0.39 is 5.97 Å². The number of urea groups is 1. The van der Waals surface area contributed by atoms with Gasteiger partial charge >= 0.3 is 12.0 Å². The van der Waals surface area contributed by atoms with E-state index in [0.717, 1.165) is 19.4 Å². The molecule has 19 heavy (non-hydrogen) atoms. The molecular weight excluding hydrogens is 248 g/mol. The minimum absolute atomic E-state index is 0.0973. The lowest BCUT2D eigenvalue weighted by Gasteiger charge is -2.11. The van der Waals surface area contributed by atoms with Crippen molar-refractivity contribution in [2.45, 2.75) is 18.9 Å². The summed E-state index contributed by atoms with van der Waals surface area (Å²) in [7, 11) is 0. The topological polar surface area (TPSA) is 87.7 Å². The number of hydrogen-bond donors (Lipinski definition) is 3. The zero-order chi connectivity index (χ0) is 13.7. The third-order valence-electron chi connectivity index (χ3n) is 2.90. The zero-order valence-corrected chi connectivity index (χ0v) is 10.4. The predicted molar refractivity (Wildman–Crippen MR) is 69.4 cm³/mol. The Balaban J connectivity index is 1.79. The molecule has 1 aromatic carbocycles. The van der Waals surface area contributed by atoms with Crippen LogP contribution >= 0.6 is 0 Å². The molecule has 0 radical (unpaired) electrons. The Morgan fingerprint density at radius 3 is 2.63 bits per heavy atom. The van der Waals surface area contributed by atoms with Crippen LogP contribution in [0.1, 0.15) is 23.2 Å². The summed E-state index contributed by atoms with van der Waals surface area (Å²) in [6.07, 6.45) is 2.10. The number of rotatable bonds is 4.